The first-order valence-corrected chi connectivity index (χ1v) is 8.66. The van der Waals surface area contributed by atoms with Crippen LogP contribution < -0.4 is 9.47 Å². The minimum absolute atomic E-state index is 0.0699. The number of rotatable bonds is 6. The Morgan fingerprint density at radius 1 is 0.964 bits per heavy atom. The lowest BCUT2D eigenvalue weighted by Gasteiger charge is -2.07. The maximum absolute atomic E-state index is 12.2. The van der Waals surface area contributed by atoms with Gasteiger partial charge in [-0.3, -0.25) is 4.99 Å². The van der Waals surface area contributed by atoms with Crippen molar-refractivity contribution in [1.82, 2.24) is 0 Å². The molecule has 0 aromatic heterocycles. The van der Waals surface area contributed by atoms with Crippen molar-refractivity contribution in [3.8, 4) is 23.0 Å². The molecule has 0 unspecified atom stereocenters. The first-order chi connectivity index (χ1) is 13.5. The van der Waals surface area contributed by atoms with E-state index in [4.69, 9.17) is 9.47 Å². The van der Waals surface area contributed by atoms with Gasteiger partial charge in [-0.1, -0.05) is 0 Å². The average Bonchev–Trinajstić information content (AvgIpc) is 2.69. The van der Waals surface area contributed by atoms with E-state index in [0.29, 0.717) is 29.2 Å². The van der Waals surface area contributed by atoms with Crippen LogP contribution in [0, 0.1) is 0 Å². The zero-order chi connectivity index (χ0) is 19.9. The van der Waals surface area contributed by atoms with Crippen LogP contribution in [0.5, 0.6) is 23.0 Å². The van der Waals surface area contributed by atoms with Crippen LogP contribution in [-0.4, -0.2) is 29.0 Å². The number of phenolic OH excluding ortho intramolecular Hbond substituents is 2. The fraction of sp³-hybridized carbons (Fsp3) is 0.0909. The van der Waals surface area contributed by atoms with Gasteiger partial charge in [-0.15, -0.1) is 0 Å². The van der Waals surface area contributed by atoms with E-state index < -0.39 is 5.97 Å². The van der Waals surface area contributed by atoms with Gasteiger partial charge >= 0.3 is 5.97 Å². The van der Waals surface area contributed by atoms with Gasteiger partial charge in [0.25, 0.3) is 0 Å². The van der Waals surface area contributed by atoms with Crippen LogP contribution in [0.3, 0.4) is 0 Å². The van der Waals surface area contributed by atoms with E-state index in [2.05, 4.69) is 4.99 Å². The zero-order valence-electron chi connectivity index (χ0n) is 15.2. The minimum Gasteiger partial charge on any atom is -0.508 e. The lowest BCUT2D eigenvalue weighted by atomic mass is 10.2. The lowest BCUT2D eigenvalue weighted by molar-refractivity contribution is 0.0734. The molecule has 0 amide bonds. The number of hydrogen-bond donors (Lipinski definition) is 2. The quantitative estimate of drug-likeness (QED) is 0.376. The molecule has 0 fully saturated rings. The van der Waals surface area contributed by atoms with Gasteiger partial charge in [-0.2, -0.15) is 0 Å². The number of benzene rings is 3. The van der Waals surface area contributed by atoms with Crippen LogP contribution in [0.25, 0.3) is 0 Å². The molecule has 0 saturated carbocycles. The Bertz CT molecular complexity index is 979. The van der Waals surface area contributed by atoms with Gasteiger partial charge in [0.2, 0.25) is 0 Å². The van der Waals surface area contributed by atoms with Crippen molar-refractivity contribution in [1.29, 1.82) is 0 Å². The molecule has 6 heteroatoms. The molecule has 0 radical (unpaired) electrons. The van der Waals surface area contributed by atoms with Gasteiger partial charge in [0.05, 0.1) is 17.9 Å². The summed E-state index contributed by atoms with van der Waals surface area (Å²) < 4.78 is 10.6. The van der Waals surface area contributed by atoms with E-state index in [1.54, 1.807) is 48.5 Å². The molecule has 0 saturated heterocycles. The highest BCUT2D eigenvalue weighted by Crippen LogP contribution is 2.24. The van der Waals surface area contributed by atoms with E-state index >= 15 is 0 Å². The molecule has 0 heterocycles. The van der Waals surface area contributed by atoms with Crippen LogP contribution in [0.15, 0.2) is 71.7 Å². The molecule has 0 aliphatic rings. The summed E-state index contributed by atoms with van der Waals surface area (Å²) in [6, 6.07) is 17.5. The van der Waals surface area contributed by atoms with E-state index in [-0.39, 0.29) is 17.2 Å². The highest BCUT2D eigenvalue weighted by atomic mass is 16.5. The number of esters is 1. The molecule has 142 valence electrons. The smallest absolute Gasteiger partial charge is 0.343 e. The second-order valence-electron chi connectivity index (χ2n) is 5.84. The normalized spacial score (nSPS) is 10.8. The Labute approximate surface area is 162 Å². The summed E-state index contributed by atoms with van der Waals surface area (Å²) in [5, 5.41) is 19.4. The van der Waals surface area contributed by atoms with Crippen molar-refractivity contribution in [2.24, 2.45) is 4.99 Å². The number of carbonyl (C=O) groups excluding carboxylic acids is 1. The van der Waals surface area contributed by atoms with Crippen LogP contribution >= 0.6 is 0 Å². The van der Waals surface area contributed by atoms with E-state index in [9.17, 15) is 15.0 Å². The Balaban J connectivity index is 1.67. The van der Waals surface area contributed by atoms with Gasteiger partial charge in [0.15, 0.2) is 0 Å². The molecule has 3 aromatic rings. The highest BCUT2D eigenvalue weighted by Gasteiger charge is 2.10. The van der Waals surface area contributed by atoms with Gasteiger partial charge in [0.1, 0.15) is 23.0 Å². The second-order valence-corrected chi connectivity index (χ2v) is 5.84. The predicted octanol–water partition coefficient (Wildman–Crippen LogP) is 4.47. The van der Waals surface area contributed by atoms with Crippen LogP contribution in [0.2, 0.25) is 0 Å². The first-order valence-electron chi connectivity index (χ1n) is 8.66. The topological polar surface area (TPSA) is 88.4 Å². The standard InChI is InChI=1S/C22H19NO5/c1-2-27-19-10-3-15(4-11-19)22(26)28-20-12-5-16(21(25)13-20)14-23-17-6-8-18(24)9-7-17/h3-14,24-25H,2H2,1H3. The van der Waals surface area contributed by atoms with Crippen LogP contribution in [0.1, 0.15) is 22.8 Å². The Kier molecular flexibility index (Phi) is 5.91. The number of phenols is 2. The van der Waals surface area contributed by atoms with Gasteiger partial charge in [0, 0.05) is 17.8 Å². The lowest BCUT2D eigenvalue weighted by Crippen LogP contribution is -2.08. The summed E-state index contributed by atoms with van der Waals surface area (Å²) >= 11 is 0. The monoisotopic (exact) mass is 377 g/mol. The van der Waals surface area contributed by atoms with Crippen LogP contribution in [-0.2, 0) is 0 Å². The average molecular weight is 377 g/mol. The van der Waals surface area contributed by atoms with Gasteiger partial charge < -0.3 is 19.7 Å². The molecule has 28 heavy (non-hydrogen) atoms. The third-order valence-corrected chi connectivity index (χ3v) is 3.82. The molecule has 0 atom stereocenters. The summed E-state index contributed by atoms with van der Waals surface area (Å²) in [4.78, 5) is 16.5. The fourth-order valence-electron chi connectivity index (χ4n) is 2.40. The Hall–Kier alpha value is -3.80. The van der Waals surface area contributed by atoms with Gasteiger partial charge in [-0.05, 0) is 67.6 Å². The first kappa shape index (κ1) is 19.0. The predicted molar refractivity (Wildman–Crippen MR) is 106 cm³/mol. The van der Waals surface area contributed by atoms with Crippen LogP contribution in [0.4, 0.5) is 5.69 Å². The number of aromatic hydroxyl groups is 2. The second kappa shape index (κ2) is 8.73. The van der Waals surface area contributed by atoms with Crippen molar-refractivity contribution >= 4 is 17.9 Å². The number of carbonyl (C=O) groups is 1. The SMILES string of the molecule is CCOc1ccc(C(=O)Oc2ccc(C=Nc3ccc(O)cc3)c(O)c2)cc1. The molecule has 2 N–H and O–H groups in total. The summed E-state index contributed by atoms with van der Waals surface area (Å²) in [5.74, 6) is 0.445. The number of hydrogen-bond acceptors (Lipinski definition) is 6. The summed E-state index contributed by atoms with van der Waals surface area (Å²) in [6.45, 7) is 2.43. The third kappa shape index (κ3) is 4.88. The summed E-state index contributed by atoms with van der Waals surface area (Å²) in [5.41, 5.74) is 1.47. The van der Waals surface area contributed by atoms with Crippen molar-refractivity contribution in [3.05, 3.63) is 77.9 Å². The molecule has 6 nitrogen and oxygen atoms in total. The summed E-state index contributed by atoms with van der Waals surface area (Å²) in [7, 11) is 0. The fourth-order valence-corrected chi connectivity index (χ4v) is 2.40. The van der Waals surface area contributed by atoms with Crippen molar-refractivity contribution in [2.75, 3.05) is 6.61 Å². The maximum Gasteiger partial charge on any atom is 0.343 e. The van der Waals surface area contributed by atoms with Crippen molar-refractivity contribution in [3.63, 3.8) is 0 Å². The number of ether oxygens (including phenoxy) is 2. The molecule has 0 bridgehead atoms. The summed E-state index contributed by atoms with van der Waals surface area (Å²) in [6.07, 6.45) is 1.49. The van der Waals surface area contributed by atoms with Gasteiger partial charge in [-0.25, -0.2) is 4.79 Å². The number of aliphatic imine (C=N–C) groups is 1. The molecule has 3 aromatic carbocycles. The molecular formula is C22H19NO5. The molecule has 0 aliphatic carbocycles. The third-order valence-electron chi connectivity index (χ3n) is 3.82. The molecule has 0 aliphatic heterocycles. The largest absolute Gasteiger partial charge is 0.508 e. The highest BCUT2D eigenvalue weighted by molar-refractivity contribution is 5.91. The molecule has 3 rings (SSSR count). The zero-order valence-corrected chi connectivity index (χ0v) is 15.2. The van der Waals surface area contributed by atoms with E-state index in [1.165, 1.54) is 24.4 Å². The van der Waals surface area contributed by atoms with E-state index in [0.717, 1.165) is 0 Å². The van der Waals surface area contributed by atoms with Crippen molar-refractivity contribution in [2.45, 2.75) is 6.92 Å². The van der Waals surface area contributed by atoms with Crippen molar-refractivity contribution < 1.29 is 24.5 Å². The molecule has 0 spiro atoms. The molecular weight excluding hydrogens is 358 g/mol. The maximum atomic E-state index is 12.2. The minimum atomic E-state index is -0.534. The Morgan fingerprint density at radius 3 is 2.29 bits per heavy atom. The number of nitrogens with zero attached hydrogens (tertiary/aromatic N) is 1. The van der Waals surface area contributed by atoms with E-state index in [1.807, 2.05) is 6.92 Å². The Morgan fingerprint density at radius 2 is 1.64 bits per heavy atom.